The maximum absolute atomic E-state index is 3.55. The van der Waals surface area contributed by atoms with Gasteiger partial charge < -0.3 is 4.57 Å². The molecular weight excluding hydrogens is 298 g/mol. The third-order valence-electron chi connectivity index (χ3n) is 3.58. The lowest BCUT2D eigenvalue weighted by molar-refractivity contribution is 0.829. The Morgan fingerprint density at radius 1 is 1.00 bits per heavy atom. The van der Waals surface area contributed by atoms with Crippen LogP contribution in [0.5, 0.6) is 0 Å². The Labute approximate surface area is 122 Å². The summed E-state index contributed by atoms with van der Waals surface area (Å²) >= 11 is 3.55. The van der Waals surface area contributed by atoms with E-state index >= 15 is 0 Å². The fourth-order valence-electron chi connectivity index (χ4n) is 2.45. The van der Waals surface area contributed by atoms with E-state index < -0.39 is 0 Å². The van der Waals surface area contributed by atoms with Crippen LogP contribution in [0.25, 0.3) is 10.9 Å². The maximum atomic E-state index is 3.55. The van der Waals surface area contributed by atoms with E-state index in [4.69, 9.17) is 0 Å². The third kappa shape index (κ3) is 2.45. The van der Waals surface area contributed by atoms with Gasteiger partial charge in [-0.2, -0.15) is 0 Å². The highest BCUT2D eigenvalue weighted by Crippen LogP contribution is 2.22. The molecule has 0 aliphatic heterocycles. The van der Waals surface area contributed by atoms with Crippen LogP contribution in [-0.4, -0.2) is 4.57 Å². The molecule has 96 valence electrons. The Balaban J connectivity index is 2.05. The Morgan fingerprint density at radius 3 is 2.68 bits per heavy atom. The number of aromatic nitrogens is 1. The minimum atomic E-state index is 0.924. The molecule has 0 fully saturated rings. The molecule has 0 spiro atoms. The molecule has 0 atom stereocenters. The molecule has 0 amide bonds. The van der Waals surface area contributed by atoms with Crippen LogP contribution in [0.3, 0.4) is 0 Å². The molecule has 3 aromatic rings. The molecule has 0 saturated carbocycles. The molecule has 0 saturated heterocycles. The average molecular weight is 314 g/mol. The zero-order valence-corrected chi connectivity index (χ0v) is 12.7. The minimum absolute atomic E-state index is 0.924. The molecule has 1 aromatic heterocycles. The summed E-state index contributed by atoms with van der Waals surface area (Å²) in [5, 5.41) is 1.29. The third-order valence-corrected chi connectivity index (χ3v) is 4.07. The summed E-state index contributed by atoms with van der Waals surface area (Å²) in [4.78, 5) is 0. The molecule has 1 nitrogen and oxygen atoms in total. The second kappa shape index (κ2) is 4.86. The number of aryl methyl sites for hydroxylation is 2. The van der Waals surface area contributed by atoms with E-state index in [1.165, 1.54) is 27.6 Å². The molecule has 0 N–H and O–H groups in total. The fraction of sp³-hybridized carbons (Fsp3) is 0.176. The SMILES string of the molecule is Cc1ccc(C)c(Cn2ccc3ccc(Br)cc32)c1. The second-order valence-corrected chi connectivity index (χ2v) is 5.99. The second-order valence-electron chi connectivity index (χ2n) is 5.08. The number of rotatable bonds is 2. The molecule has 0 aliphatic rings. The minimum Gasteiger partial charge on any atom is -0.343 e. The molecule has 2 heteroatoms. The van der Waals surface area contributed by atoms with Crippen LogP contribution >= 0.6 is 15.9 Å². The number of benzene rings is 2. The first kappa shape index (κ1) is 12.5. The van der Waals surface area contributed by atoms with Gasteiger partial charge in [-0.15, -0.1) is 0 Å². The number of fused-ring (bicyclic) bond motifs is 1. The van der Waals surface area contributed by atoms with Gasteiger partial charge in [-0.1, -0.05) is 45.8 Å². The van der Waals surface area contributed by atoms with Crippen LogP contribution in [0, 0.1) is 13.8 Å². The Bertz CT molecular complexity index is 740. The summed E-state index contributed by atoms with van der Waals surface area (Å²) in [6.07, 6.45) is 2.17. The lowest BCUT2D eigenvalue weighted by Crippen LogP contribution is -2.00. The molecule has 0 unspecified atom stereocenters. The van der Waals surface area contributed by atoms with Gasteiger partial charge >= 0.3 is 0 Å². The lowest BCUT2D eigenvalue weighted by Gasteiger charge is -2.10. The molecule has 3 rings (SSSR count). The van der Waals surface area contributed by atoms with Crippen molar-refractivity contribution in [3.63, 3.8) is 0 Å². The highest BCUT2D eigenvalue weighted by molar-refractivity contribution is 9.10. The molecule has 0 bridgehead atoms. The van der Waals surface area contributed by atoms with Crippen molar-refractivity contribution in [3.8, 4) is 0 Å². The van der Waals surface area contributed by atoms with Gasteiger partial charge in [0.25, 0.3) is 0 Å². The topological polar surface area (TPSA) is 4.93 Å². The summed E-state index contributed by atoms with van der Waals surface area (Å²) < 4.78 is 3.43. The summed E-state index contributed by atoms with van der Waals surface area (Å²) in [6, 6.07) is 15.2. The van der Waals surface area contributed by atoms with Crippen LogP contribution < -0.4 is 0 Å². The van der Waals surface area contributed by atoms with Crippen molar-refractivity contribution >= 4 is 26.8 Å². The smallest absolute Gasteiger partial charge is 0.0494 e. The molecular formula is C17H16BrN. The average Bonchev–Trinajstić information content (AvgIpc) is 2.77. The van der Waals surface area contributed by atoms with Crippen LogP contribution in [-0.2, 0) is 6.54 Å². The van der Waals surface area contributed by atoms with Crippen molar-refractivity contribution in [2.45, 2.75) is 20.4 Å². The first-order chi connectivity index (χ1) is 9.13. The van der Waals surface area contributed by atoms with Gasteiger partial charge in [0.15, 0.2) is 0 Å². The normalized spacial score (nSPS) is 11.1. The molecule has 19 heavy (non-hydrogen) atoms. The van der Waals surface area contributed by atoms with E-state index in [9.17, 15) is 0 Å². The highest BCUT2D eigenvalue weighted by atomic mass is 79.9. The number of nitrogens with zero attached hydrogens (tertiary/aromatic N) is 1. The van der Waals surface area contributed by atoms with E-state index in [0.29, 0.717) is 0 Å². The zero-order chi connectivity index (χ0) is 13.4. The predicted molar refractivity (Wildman–Crippen MR) is 84.7 cm³/mol. The first-order valence-electron chi connectivity index (χ1n) is 6.44. The monoisotopic (exact) mass is 313 g/mol. The van der Waals surface area contributed by atoms with E-state index in [1.807, 2.05) is 0 Å². The Kier molecular flexibility index (Phi) is 3.19. The molecule has 0 radical (unpaired) electrons. The van der Waals surface area contributed by atoms with E-state index in [-0.39, 0.29) is 0 Å². The number of hydrogen-bond acceptors (Lipinski definition) is 0. The maximum Gasteiger partial charge on any atom is 0.0494 e. The van der Waals surface area contributed by atoms with Gasteiger partial charge in [-0.3, -0.25) is 0 Å². The predicted octanol–water partition coefficient (Wildman–Crippen LogP) is 5.07. The lowest BCUT2D eigenvalue weighted by atomic mass is 10.1. The van der Waals surface area contributed by atoms with Crippen molar-refractivity contribution in [3.05, 3.63) is 69.8 Å². The summed E-state index contributed by atoms with van der Waals surface area (Å²) in [5.74, 6) is 0. The van der Waals surface area contributed by atoms with Crippen LogP contribution in [0.1, 0.15) is 16.7 Å². The quantitative estimate of drug-likeness (QED) is 0.622. The van der Waals surface area contributed by atoms with Crippen LogP contribution in [0.2, 0.25) is 0 Å². The van der Waals surface area contributed by atoms with Crippen molar-refractivity contribution in [2.24, 2.45) is 0 Å². The van der Waals surface area contributed by atoms with E-state index in [1.54, 1.807) is 0 Å². The van der Waals surface area contributed by atoms with Gasteiger partial charge in [0.1, 0.15) is 0 Å². The van der Waals surface area contributed by atoms with Crippen molar-refractivity contribution in [1.82, 2.24) is 4.57 Å². The van der Waals surface area contributed by atoms with Crippen LogP contribution in [0.15, 0.2) is 53.1 Å². The van der Waals surface area contributed by atoms with Gasteiger partial charge in [-0.25, -0.2) is 0 Å². The van der Waals surface area contributed by atoms with Crippen LogP contribution in [0.4, 0.5) is 0 Å². The summed E-state index contributed by atoms with van der Waals surface area (Å²) in [6.45, 7) is 5.25. The van der Waals surface area contributed by atoms with Gasteiger partial charge in [0, 0.05) is 22.7 Å². The molecule has 2 aromatic carbocycles. The van der Waals surface area contributed by atoms with E-state index in [0.717, 1.165) is 11.0 Å². The van der Waals surface area contributed by atoms with Gasteiger partial charge in [0.05, 0.1) is 0 Å². The van der Waals surface area contributed by atoms with Crippen molar-refractivity contribution in [1.29, 1.82) is 0 Å². The molecule has 0 aliphatic carbocycles. The summed E-state index contributed by atoms with van der Waals surface area (Å²) in [7, 11) is 0. The highest BCUT2D eigenvalue weighted by Gasteiger charge is 2.04. The largest absolute Gasteiger partial charge is 0.343 e. The zero-order valence-electron chi connectivity index (χ0n) is 11.2. The van der Waals surface area contributed by atoms with Crippen molar-refractivity contribution < 1.29 is 0 Å². The van der Waals surface area contributed by atoms with Gasteiger partial charge in [-0.05, 0) is 48.6 Å². The van der Waals surface area contributed by atoms with Crippen molar-refractivity contribution in [2.75, 3.05) is 0 Å². The molecule has 1 heterocycles. The fourth-order valence-corrected chi connectivity index (χ4v) is 2.80. The first-order valence-corrected chi connectivity index (χ1v) is 7.23. The Hall–Kier alpha value is -1.54. The van der Waals surface area contributed by atoms with E-state index in [2.05, 4.69) is 83.0 Å². The van der Waals surface area contributed by atoms with Gasteiger partial charge in [0.2, 0.25) is 0 Å². The Morgan fingerprint density at radius 2 is 1.84 bits per heavy atom. The number of halogens is 1. The summed E-state index contributed by atoms with van der Waals surface area (Å²) in [5.41, 5.74) is 5.33. The standard InChI is InChI=1S/C17H16BrN/c1-12-3-4-13(2)15(9-12)11-19-8-7-14-5-6-16(18)10-17(14)19/h3-10H,11H2,1-2H3. The number of hydrogen-bond donors (Lipinski definition) is 0.